The van der Waals surface area contributed by atoms with Gasteiger partial charge in [0.2, 0.25) is 10.0 Å². The van der Waals surface area contributed by atoms with Gasteiger partial charge in [-0.1, -0.05) is 20.8 Å². The highest BCUT2D eigenvalue weighted by molar-refractivity contribution is 7.89. The number of aromatic amines is 1. The molecule has 6 nitrogen and oxygen atoms in total. The standard InChI is InChI=1S/C14H26N4O2S/c1-10-13(12(8-15-5)17-16-10)21(19,20)18-7-6-11(9-18)14(2,3)4/h11,15H,6-9H2,1-5H3,(H,16,17). The molecular weight excluding hydrogens is 288 g/mol. The van der Waals surface area contributed by atoms with E-state index in [1.807, 2.05) is 0 Å². The highest BCUT2D eigenvalue weighted by Gasteiger charge is 2.39. The summed E-state index contributed by atoms with van der Waals surface area (Å²) in [6, 6.07) is 0. The summed E-state index contributed by atoms with van der Waals surface area (Å²) in [7, 11) is -1.69. The van der Waals surface area contributed by atoms with Crippen molar-refractivity contribution in [2.45, 2.75) is 45.6 Å². The molecule has 0 aromatic carbocycles. The molecule has 1 saturated heterocycles. The van der Waals surface area contributed by atoms with Gasteiger partial charge in [0.05, 0.1) is 11.4 Å². The molecular formula is C14H26N4O2S. The van der Waals surface area contributed by atoms with Crippen LogP contribution >= 0.6 is 0 Å². The Kier molecular flexibility index (Phi) is 4.46. The van der Waals surface area contributed by atoms with E-state index < -0.39 is 10.0 Å². The van der Waals surface area contributed by atoms with Crippen molar-refractivity contribution in [2.24, 2.45) is 11.3 Å². The second-order valence-corrected chi connectivity index (χ2v) is 8.74. The summed E-state index contributed by atoms with van der Waals surface area (Å²) >= 11 is 0. The Balaban J connectivity index is 2.30. The number of hydrogen-bond acceptors (Lipinski definition) is 4. The van der Waals surface area contributed by atoms with E-state index in [0.717, 1.165) is 6.42 Å². The number of H-pyrrole nitrogens is 1. The predicted octanol–water partition coefficient (Wildman–Crippen LogP) is 1.49. The van der Waals surface area contributed by atoms with Gasteiger partial charge in [-0.05, 0) is 31.7 Å². The maximum absolute atomic E-state index is 12.9. The van der Waals surface area contributed by atoms with Crippen LogP contribution in [-0.4, -0.2) is 43.1 Å². The third kappa shape index (κ3) is 3.14. The van der Waals surface area contributed by atoms with Crippen molar-refractivity contribution in [1.29, 1.82) is 0 Å². The van der Waals surface area contributed by atoms with Gasteiger partial charge in [-0.3, -0.25) is 5.10 Å². The fourth-order valence-corrected chi connectivity index (χ4v) is 4.71. The number of nitrogens with one attached hydrogen (secondary N) is 2. The average Bonchev–Trinajstić information content (AvgIpc) is 2.96. The van der Waals surface area contributed by atoms with Gasteiger partial charge in [-0.2, -0.15) is 9.40 Å². The summed E-state index contributed by atoms with van der Waals surface area (Å²) in [6.07, 6.45) is 0.918. The van der Waals surface area contributed by atoms with Crippen LogP contribution in [0.25, 0.3) is 0 Å². The Hall–Kier alpha value is -0.920. The first-order valence-corrected chi connectivity index (χ1v) is 8.80. The smallest absolute Gasteiger partial charge is 0.246 e. The first-order chi connectivity index (χ1) is 9.67. The first-order valence-electron chi connectivity index (χ1n) is 7.36. The lowest BCUT2D eigenvalue weighted by molar-refractivity contribution is 0.252. The molecule has 1 fully saturated rings. The lowest BCUT2D eigenvalue weighted by Gasteiger charge is -2.26. The van der Waals surface area contributed by atoms with Crippen molar-refractivity contribution < 1.29 is 8.42 Å². The van der Waals surface area contributed by atoms with Crippen LogP contribution in [0, 0.1) is 18.3 Å². The minimum absolute atomic E-state index is 0.128. The molecule has 0 saturated carbocycles. The molecule has 1 aromatic heterocycles. The number of nitrogens with zero attached hydrogens (tertiary/aromatic N) is 2. The minimum Gasteiger partial charge on any atom is -0.314 e. The van der Waals surface area contributed by atoms with Gasteiger partial charge >= 0.3 is 0 Å². The van der Waals surface area contributed by atoms with Crippen molar-refractivity contribution >= 4 is 10.0 Å². The van der Waals surface area contributed by atoms with Crippen LogP contribution < -0.4 is 5.32 Å². The van der Waals surface area contributed by atoms with E-state index in [0.29, 0.717) is 41.8 Å². The van der Waals surface area contributed by atoms with Gasteiger partial charge in [0.25, 0.3) is 0 Å². The summed E-state index contributed by atoms with van der Waals surface area (Å²) in [5.74, 6) is 0.396. The van der Waals surface area contributed by atoms with E-state index in [1.165, 1.54) is 0 Å². The molecule has 1 aliphatic heterocycles. The Bertz CT molecular complexity index is 601. The molecule has 120 valence electrons. The van der Waals surface area contributed by atoms with E-state index in [-0.39, 0.29) is 5.41 Å². The van der Waals surface area contributed by atoms with Gasteiger partial charge < -0.3 is 5.32 Å². The van der Waals surface area contributed by atoms with Crippen molar-refractivity contribution in [3.8, 4) is 0 Å². The second-order valence-electron chi connectivity index (χ2n) is 6.87. The fourth-order valence-electron chi connectivity index (χ4n) is 2.88. The van der Waals surface area contributed by atoms with Gasteiger partial charge in [0, 0.05) is 19.6 Å². The van der Waals surface area contributed by atoms with Crippen LogP contribution in [0.15, 0.2) is 4.90 Å². The zero-order valence-corrected chi connectivity index (χ0v) is 14.3. The molecule has 7 heteroatoms. The van der Waals surface area contributed by atoms with Crippen LogP contribution in [0.3, 0.4) is 0 Å². The van der Waals surface area contributed by atoms with Gasteiger partial charge in [0.1, 0.15) is 4.90 Å². The highest BCUT2D eigenvalue weighted by Crippen LogP contribution is 2.36. The Morgan fingerprint density at radius 1 is 1.43 bits per heavy atom. The Morgan fingerprint density at radius 2 is 2.10 bits per heavy atom. The molecule has 0 amide bonds. The van der Waals surface area contributed by atoms with E-state index in [1.54, 1.807) is 18.3 Å². The Labute approximate surface area is 127 Å². The molecule has 2 rings (SSSR count). The maximum atomic E-state index is 12.9. The summed E-state index contributed by atoms with van der Waals surface area (Å²) in [6.45, 7) is 9.89. The lowest BCUT2D eigenvalue weighted by atomic mass is 9.80. The van der Waals surface area contributed by atoms with E-state index >= 15 is 0 Å². The molecule has 2 heterocycles. The molecule has 1 unspecified atom stereocenters. The zero-order valence-electron chi connectivity index (χ0n) is 13.5. The summed E-state index contributed by atoms with van der Waals surface area (Å²) in [5, 5.41) is 9.88. The molecule has 0 aliphatic carbocycles. The summed E-state index contributed by atoms with van der Waals surface area (Å²) < 4.78 is 27.5. The van der Waals surface area contributed by atoms with Gasteiger partial charge in [0.15, 0.2) is 0 Å². The number of aryl methyl sites for hydroxylation is 1. The van der Waals surface area contributed by atoms with Crippen LogP contribution in [0.2, 0.25) is 0 Å². The highest BCUT2D eigenvalue weighted by atomic mass is 32.2. The number of sulfonamides is 1. The fraction of sp³-hybridized carbons (Fsp3) is 0.786. The zero-order chi connectivity index (χ0) is 15.8. The van der Waals surface area contributed by atoms with Crippen molar-refractivity contribution in [3.63, 3.8) is 0 Å². The SMILES string of the molecule is CNCc1n[nH]c(C)c1S(=O)(=O)N1CCC(C(C)(C)C)C1. The van der Waals surface area contributed by atoms with Crippen LogP contribution in [-0.2, 0) is 16.6 Å². The van der Waals surface area contributed by atoms with Crippen molar-refractivity contribution in [3.05, 3.63) is 11.4 Å². The normalized spacial score (nSPS) is 21.1. The van der Waals surface area contributed by atoms with E-state index in [2.05, 4.69) is 36.3 Å². The van der Waals surface area contributed by atoms with Crippen LogP contribution in [0.5, 0.6) is 0 Å². The van der Waals surface area contributed by atoms with Gasteiger partial charge in [-0.15, -0.1) is 0 Å². The minimum atomic E-state index is -3.47. The second kappa shape index (κ2) is 5.70. The van der Waals surface area contributed by atoms with Gasteiger partial charge in [-0.25, -0.2) is 8.42 Å². The lowest BCUT2D eigenvalue weighted by Crippen LogP contribution is -2.32. The quantitative estimate of drug-likeness (QED) is 0.883. The first kappa shape index (κ1) is 16.5. The molecule has 1 aliphatic rings. The van der Waals surface area contributed by atoms with E-state index in [4.69, 9.17) is 0 Å². The average molecular weight is 314 g/mol. The van der Waals surface area contributed by atoms with Crippen LogP contribution in [0.1, 0.15) is 38.6 Å². The molecule has 21 heavy (non-hydrogen) atoms. The number of hydrogen-bond donors (Lipinski definition) is 2. The number of aromatic nitrogens is 2. The monoisotopic (exact) mass is 314 g/mol. The third-order valence-electron chi connectivity index (χ3n) is 4.28. The molecule has 2 N–H and O–H groups in total. The number of rotatable bonds is 4. The molecule has 1 aromatic rings. The molecule has 0 radical (unpaired) electrons. The topological polar surface area (TPSA) is 78.1 Å². The third-order valence-corrected chi connectivity index (χ3v) is 6.35. The largest absolute Gasteiger partial charge is 0.314 e. The predicted molar refractivity (Wildman–Crippen MR) is 82.4 cm³/mol. The Morgan fingerprint density at radius 3 is 2.62 bits per heavy atom. The maximum Gasteiger partial charge on any atom is 0.246 e. The van der Waals surface area contributed by atoms with Crippen LogP contribution in [0.4, 0.5) is 0 Å². The van der Waals surface area contributed by atoms with Crippen molar-refractivity contribution in [2.75, 3.05) is 20.1 Å². The molecule has 1 atom stereocenters. The molecule has 0 bridgehead atoms. The summed E-state index contributed by atoms with van der Waals surface area (Å²) in [5.41, 5.74) is 1.30. The molecule has 0 spiro atoms. The summed E-state index contributed by atoms with van der Waals surface area (Å²) in [4.78, 5) is 0.339. The van der Waals surface area contributed by atoms with Crippen molar-refractivity contribution in [1.82, 2.24) is 19.8 Å². The van der Waals surface area contributed by atoms with E-state index in [9.17, 15) is 8.42 Å².